The van der Waals surface area contributed by atoms with Crippen molar-refractivity contribution in [2.75, 3.05) is 123 Å². The highest BCUT2D eigenvalue weighted by atomic mass is 32.3. The molecule has 0 aliphatic rings. The Hall–Kier alpha value is 0.0200. The fourth-order valence-corrected chi connectivity index (χ4v) is 6.09. The minimum atomic E-state index is -3.57. The summed E-state index contributed by atoms with van der Waals surface area (Å²) in [6, 6.07) is 0. The molecule has 0 aliphatic heterocycles. The minimum Gasteiger partial charge on any atom is -0.389 e. The number of unbranched alkanes of at least 4 members (excludes halogenated alkanes) is 1. The molecule has 0 radical (unpaired) electrons. The van der Waals surface area contributed by atoms with Crippen molar-refractivity contribution in [2.45, 2.75) is 70.7 Å². The lowest BCUT2D eigenvalue weighted by Gasteiger charge is -2.28. The lowest BCUT2D eigenvalue weighted by Crippen LogP contribution is -2.45. The van der Waals surface area contributed by atoms with Gasteiger partial charge in [-0.05, 0) is 25.2 Å². The van der Waals surface area contributed by atoms with E-state index in [1.165, 1.54) is 0 Å². The van der Waals surface area contributed by atoms with Crippen LogP contribution in [-0.4, -0.2) is 194 Å². The summed E-state index contributed by atoms with van der Waals surface area (Å²) in [6.45, 7) is 11.3. The van der Waals surface area contributed by atoms with Gasteiger partial charge in [0.15, 0.2) is 0 Å². The van der Waals surface area contributed by atoms with Crippen molar-refractivity contribution in [3.63, 3.8) is 0 Å². The third-order valence-electron chi connectivity index (χ3n) is 7.78. The van der Waals surface area contributed by atoms with Crippen LogP contribution in [-0.2, 0) is 14.2 Å². The predicted octanol–water partition coefficient (Wildman–Crippen LogP) is 1.30. The average molecular weight is 772 g/mol. The molecule has 0 aliphatic carbocycles. The number of rotatable bonds is 37. The maximum absolute atomic E-state index is 10.8. The SMILES string of the molecule is CCCCC(CC)COCC(O)CN(CCNCCN(CCNCCN)CC(O)COCCCS(O)(O)O)CC(O)COCCCS(O)(O)O. The standard InChI is InChI=1S/C31H73N5O12S2/c1-3-5-8-28(4-2)24-48-27-31(39)23-36(22-30(38)26-47-18-7-20-50(43,44)45)16-13-34-12-15-35(14-11-33-10-9-32)21-29(37)25-46-17-6-19-49(40,41)42/h28-31,33-34,37-45H,3-27,32H2,1-2H3. The van der Waals surface area contributed by atoms with Crippen LogP contribution >= 0.6 is 21.7 Å². The highest BCUT2D eigenvalue weighted by molar-refractivity contribution is 8.19. The predicted molar refractivity (Wildman–Crippen MR) is 201 cm³/mol. The van der Waals surface area contributed by atoms with Crippen LogP contribution in [0.2, 0.25) is 0 Å². The Kier molecular flexibility index (Phi) is 31.4. The van der Waals surface area contributed by atoms with Gasteiger partial charge in [-0.25, -0.2) is 0 Å². The number of nitrogens with one attached hydrogen (secondary N) is 2. The van der Waals surface area contributed by atoms with E-state index in [0.717, 1.165) is 25.7 Å². The summed E-state index contributed by atoms with van der Waals surface area (Å²) in [5, 5.41) is 38.6. The van der Waals surface area contributed by atoms with Crippen LogP contribution in [0.3, 0.4) is 0 Å². The van der Waals surface area contributed by atoms with Crippen LogP contribution in [0.5, 0.6) is 0 Å². The van der Waals surface area contributed by atoms with Crippen LogP contribution in [0, 0.1) is 5.92 Å². The lowest BCUT2D eigenvalue weighted by molar-refractivity contribution is -0.0157. The summed E-state index contributed by atoms with van der Waals surface area (Å²) < 4.78 is 71.2. The maximum atomic E-state index is 10.8. The van der Waals surface area contributed by atoms with E-state index in [9.17, 15) is 15.3 Å². The van der Waals surface area contributed by atoms with E-state index in [2.05, 4.69) is 29.4 Å². The van der Waals surface area contributed by atoms with Crippen LogP contribution in [0.4, 0.5) is 0 Å². The Bertz CT molecular complexity index is 762. The van der Waals surface area contributed by atoms with Crippen LogP contribution in [0.1, 0.15) is 52.4 Å². The van der Waals surface area contributed by atoms with Gasteiger partial charge in [0.2, 0.25) is 0 Å². The van der Waals surface area contributed by atoms with Crippen molar-refractivity contribution in [1.29, 1.82) is 0 Å². The second kappa shape index (κ2) is 31.4. The van der Waals surface area contributed by atoms with E-state index in [-0.39, 0.29) is 70.5 Å². The molecule has 306 valence electrons. The fraction of sp³-hybridized carbons (Fsp3) is 1.00. The Morgan fingerprint density at radius 3 is 1.48 bits per heavy atom. The zero-order valence-corrected chi connectivity index (χ0v) is 32.2. The van der Waals surface area contributed by atoms with Gasteiger partial charge in [0.25, 0.3) is 0 Å². The molecule has 0 saturated carbocycles. The third kappa shape index (κ3) is 33.8. The topological polar surface area (TPSA) is 266 Å². The second-order valence-corrected chi connectivity index (χ2v) is 16.1. The number of nitrogens with two attached hydrogens (primary N) is 1. The van der Waals surface area contributed by atoms with E-state index in [1.54, 1.807) is 0 Å². The van der Waals surface area contributed by atoms with Gasteiger partial charge in [0.05, 0.1) is 59.9 Å². The zero-order chi connectivity index (χ0) is 37.7. The van der Waals surface area contributed by atoms with Crippen LogP contribution in [0.25, 0.3) is 0 Å². The quantitative estimate of drug-likeness (QED) is 0.0397. The van der Waals surface area contributed by atoms with Crippen LogP contribution < -0.4 is 16.4 Å². The number of ether oxygens (including phenoxy) is 3. The molecule has 0 rings (SSSR count). The molecule has 4 unspecified atom stereocenters. The number of aliphatic hydroxyl groups is 3. The smallest absolute Gasteiger partial charge is 0.0900 e. The number of hydrogen-bond acceptors (Lipinski definition) is 17. The van der Waals surface area contributed by atoms with Gasteiger partial charge in [-0.3, -0.25) is 9.80 Å². The molecule has 17 nitrogen and oxygen atoms in total. The third-order valence-corrected chi connectivity index (χ3v) is 9.46. The fourth-order valence-electron chi connectivity index (χ4n) is 5.08. The summed E-state index contributed by atoms with van der Waals surface area (Å²) >= 11 is 0. The minimum absolute atomic E-state index is 0.0159. The molecule has 0 heterocycles. The van der Waals surface area contributed by atoms with Gasteiger partial charge in [0, 0.05) is 103 Å². The highest BCUT2D eigenvalue weighted by Gasteiger charge is 2.18. The summed E-state index contributed by atoms with van der Waals surface area (Å²) in [7, 11) is -7.11. The van der Waals surface area contributed by atoms with Crippen molar-refractivity contribution in [3.05, 3.63) is 0 Å². The van der Waals surface area contributed by atoms with Crippen molar-refractivity contribution >= 4 is 21.7 Å². The number of aliphatic hydroxyl groups excluding tert-OH is 3. The molecule has 0 aromatic carbocycles. The first kappa shape index (κ1) is 50.0. The lowest BCUT2D eigenvalue weighted by atomic mass is 10.0. The molecular weight excluding hydrogens is 698 g/mol. The summed E-state index contributed by atoms with van der Waals surface area (Å²) in [5.74, 6) is 0.0947. The molecule has 0 spiro atoms. The number of hydrogen-bond donors (Lipinski definition) is 12. The van der Waals surface area contributed by atoms with Gasteiger partial charge >= 0.3 is 0 Å². The highest BCUT2D eigenvalue weighted by Crippen LogP contribution is 2.33. The largest absolute Gasteiger partial charge is 0.389 e. The van der Waals surface area contributed by atoms with E-state index >= 15 is 0 Å². The van der Waals surface area contributed by atoms with E-state index < -0.39 is 40.1 Å². The van der Waals surface area contributed by atoms with Crippen molar-refractivity contribution in [3.8, 4) is 0 Å². The monoisotopic (exact) mass is 771 g/mol. The molecule has 0 bridgehead atoms. The average Bonchev–Trinajstić information content (AvgIpc) is 3.02. The summed E-state index contributed by atoms with van der Waals surface area (Å²) in [4.78, 5) is 4.04. The van der Waals surface area contributed by atoms with E-state index in [0.29, 0.717) is 71.4 Å². The first-order chi connectivity index (χ1) is 23.7. The maximum Gasteiger partial charge on any atom is 0.0900 e. The van der Waals surface area contributed by atoms with Gasteiger partial charge in [-0.2, -0.15) is 0 Å². The molecule has 0 aromatic rings. The van der Waals surface area contributed by atoms with E-state index in [4.69, 9.17) is 47.3 Å². The van der Waals surface area contributed by atoms with Crippen molar-refractivity contribution < 1.29 is 56.8 Å². The van der Waals surface area contributed by atoms with Crippen molar-refractivity contribution in [2.24, 2.45) is 11.7 Å². The Morgan fingerprint density at radius 1 is 0.600 bits per heavy atom. The molecule has 0 amide bonds. The Labute approximate surface area is 304 Å². The molecule has 0 saturated heterocycles. The number of nitrogens with zero attached hydrogens (tertiary/aromatic N) is 2. The normalized spacial score (nSPS) is 15.9. The molecule has 50 heavy (non-hydrogen) atoms. The summed E-state index contributed by atoms with van der Waals surface area (Å²) in [5.41, 5.74) is 5.58. The first-order valence-corrected chi connectivity index (χ1v) is 21.3. The summed E-state index contributed by atoms with van der Waals surface area (Å²) in [6.07, 6.45) is 2.53. The van der Waals surface area contributed by atoms with Crippen LogP contribution in [0.15, 0.2) is 0 Å². The molecule has 19 heteroatoms. The van der Waals surface area contributed by atoms with Gasteiger partial charge in [-0.1, -0.05) is 33.1 Å². The van der Waals surface area contributed by atoms with Gasteiger partial charge in [0.1, 0.15) is 0 Å². The molecule has 0 fully saturated rings. The van der Waals surface area contributed by atoms with Gasteiger partial charge < -0.3 is 73.2 Å². The van der Waals surface area contributed by atoms with Gasteiger partial charge in [-0.15, -0.1) is 0 Å². The zero-order valence-electron chi connectivity index (χ0n) is 30.5. The molecular formula is C31H73N5O12S2. The molecule has 4 atom stereocenters. The Morgan fingerprint density at radius 2 is 1.04 bits per heavy atom. The molecule has 0 aromatic heterocycles. The first-order valence-electron chi connectivity index (χ1n) is 18.0. The van der Waals surface area contributed by atoms with E-state index in [1.807, 2.05) is 4.90 Å². The Balaban J connectivity index is 4.91. The molecule has 13 N–H and O–H groups in total. The van der Waals surface area contributed by atoms with Crippen molar-refractivity contribution in [1.82, 2.24) is 20.4 Å². The second-order valence-electron chi connectivity index (χ2n) is 12.8.